The number of ketones is 1. The number of nitrogens with zero attached hydrogens (tertiary/aromatic N) is 1. The maximum absolute atomic E-state index is 13.8. The van der Waals surface area contributed by atoms with E-state index in [2.05, 4.69) is 18.0 Å². The van der Waals surface area contributed by atoms with E-state index >= 15 is 0 Å². The predicted octanol–water partition coefficient (Wildman–Crippen LogP) is 6.01. The number of benzene rings is 3. The summed E-state index contributed by atoms with van der Waals surface area (Å²) in [5.41, 5.74) is 6.30. The molecule has 1 aliphatic heterocycles. The minimum absolute atomic E-state index is 0.139. The molecule has 0 unspecified atom stereocenters. The van der Waals surface area contributed by atoms with Crippen molar-refractivity contribution >= 4 is 17.4 Å². The predicted molar refractivity (Wildman–Crippen MR) is 155 cm³/mol. The Bertz CT molecular complexity index is 1670. The summed E-state index contributed by atoms with van der Waals surface area (Å²) in [4.78, 5) is 27.2. The summed E-state index contributed by atoms with van der Waals surface area (Å²) >= 11 is 0. The van der Waals surface area contributed by atoms with Crippen LogP contribution < -0.4 is 14.8 Å². The summed E-state index contributed by atoms with van der Waals surface area (Å²) in [5.74, 6) is -0.378. The summed E-state index contributed by atoms with van der Waals surface area (Å²) in [6.45, 7) is 7.85. The average Bonchev–Trinajstić information content (AvgIpc) is 3.26. The zero-order valence-corrected chi connectivity index (χ0v) is 23.2. The first kappa shape index (κ1) is 27.5. The Balaban J connectivity index is 1.66. The van der Waals surface area contributed by atoms with Gasteiger partial charge in [0.05, 0.1) is 36.6 Å². The van der Waals surface area contributed by atoms with Gasteiger partial charge < -0.3 is 19.5 Å². The van der Waals surface area contributed by atoms with Crippen LogP contribution in [0.25, 0.3) is 5.70 Å². The van der Waals surface area contributed by atoms with E-state index in [9.17, 15) is 14.9 Å². The van der Waals surface area contributed by atoms with Crippen molar-refractivity contribution in [2.75, 3.05) is 13.7 Å². The number of fused-ring (bicyclic) bond motifs is 2. The molecule has 0 saturated heterocycles. The van der Waals surface area contributed by atoms with Crippen molar-refractivity contribution < 1.29 is 23.8 Å². The lowest BCUT2D eigenvalue weighted by molar-refractivity contribution is -0.138. The number of carbonyl (C=O) groups is 2. The largest absolute Gasteiger partial charge is 0.493 e. The molecular weight excluding hydrogens is 516 g/mol. The second kappa shape index (κ2) is 11.6. The molecule has 0 fully saturated rings. The maximum Gasteiger partial charge on any atom is 0.336 e. The van der Waals surface area contributed by atoms with E-state index in [0.29, 0.717) is 57.2 Å². The molecule has 206 valence electrons. The van der Waals surface area contributed by atoms with E-state index in [4.69, 9.17) is 14.2 Å². The van der Waals surface area contributed by atoms with Crippen LogP contribution in [0, 0.1) is 11.3 Å². The molecule has 1 atom stereocenters. The number of rotatable bonds is 9. The maximum atomic E-state index is 13.8. The van der Waals surface area contributed by atoms with E-state index in [1.807, 2.05) is 55.5 Å². The first-order chi connectivity index (χ1) is 19.9. The number of carbonyl (C=O) groups excluding carboxylic acids is 2. The number of Topliss-reactive ketones (excluding diaryl/α,β-unsaturated/α-hetero) is 1. The molecular formula is C34H30N2O5. The van der Waals surface area contributed by atoms with E-state index in [0.717, 1.165) is 16.7 Å². The highest BCUT2D eigenvalue weighted by molar-refractivity contribution is 6.23. The zero-order valence-electron chi connectivity index (χ0n) is 23.2. The Morgan fingerprint density at radius 1 is 1.10 bits per heavy atom. The van der Waals surface area contributed by atoms with Gasteiger partial charge in [-0.05, 0) is 38.0 Å². The van der Waals surface area contributed by atoms with Crippen molar-refractivity contribution in [3.63, 3.8) is 0 Å². The molecule has 7 heteroatoms. The summed E-state index contributed by atoms with van der Waals surface area (Å²) < 4.78 is 17.5. The Kier molecular flexibility index (Phi) is 7.75. The van der Waals surface area contributed by atoms with Crippen LogP contribution in [0.4, 0.5) is 0 Å². The number of dihydropyridines is 1. The lowest BCUT2D eigenvalue weighted by atomic mass is 9.79. The molecule has 2 aliphatic rings. The quantitative estimate of drug-likeness (QED) is 0.259. The van der Waals surface area contributed by atoms with Gasteiger partial charge in [0.1, 0.15) is 6.61 Å². The van der Waals surface area contributed by atoms with Crippen molar-refractivity contribution in [2.45, 2.75) is 32.8 Å². The van der Waals surface area contributed by atoms with E-state index in [1.165, 1.54) is 0 Å². The van der Waals surface area contributed by atoms with Gasteiger partial charge in [-0.1, -0.05) is 54.6 Å². The van der Waals surface area contributed by atoms with Gasteiger partial charge in [-0.3, -0.25) is 4.79 Å². The SMILES string of the molecule is C=CCc1cc([C@H]2C(C(=O)OCC)=C(C)NC3=C2C(=O)c2ccccc23)cc(OC)c1OCc1ccccc1C#N. The second-order valence-electron chi connectivity index (χ2n) is 9.74. The molecule has 5 rings (SSSR count). The summed E-state index contributed by atoms with van der Waals surface area (Å²) in [5, 5.41) is 12.8. The molecule has 0 bridgehead atoms. The van der Waals surface area contributed by atoms with Crippen LogP contribution in [0.3, 0.4) is 0 Å². The van der Waals surface area contributed by atoms with Gasteiger partial charge >= 0.3 is 5.97 Å². The highest BCUT2D eigenvalue weighted by atomic mass is 16.5. The number of nitrogens with one attached hydrogen (secondary N) is 1. The molecule has 41 heavy (non-hydrogen) atoms. The fraction of sp³-hybridized carbons (Fsp3) is 0.206. The van der Waals surface area contributed by atoms with Crippen LogP contribution in [-0.2, 0) is 22.6 Å². The van der Waals surface area contributed by atoms with Crippen LogP contribution >= 0.6 is 0 Å². The van der Waals surface area contributed by atoms with E-state index < -0.39 is 11.9 Å². The summed E-state index contributed by atoms with van der Waals surface area (Å²) in [7, 11) is 1.55. The van der Waals surface area contributed by atoms with Crippen molar-refractivity contribution in [3.05, 3.63) is 124 Å². The van der Waals surface area contributed by atoms with Crippen molar-refractivity contribution in [1.82, 2.24) is 5.32 Å². The topological polar surface area (TPSA) is 97.7 Å². The number of allylic oxidation sites excluding steroid dienone is 3. The monoisotopic (exact) mass is 546 g/mol. The number of esters is 1. The molecule has 0 spiro atoms. The molecule has 3 aromatic carbocycles. The third kappa shape index (κ3) is 4.89. The Morgan fingerprint density at radius 3 is 2.54 bits per heavy atom. The van der Waals surface area contributed by atoms with E-state index in [1.54, 1.807) is 32.2 Å². The van der Waals surface area contributed by atoms with Gasteiger partial charge in [-0.25, -0.2) is 4.79 Å². The fourth-order valence-electron chi connectivity index (χ4n) is 5.52. The minimum Gasteiger partial charge on any atom is -0.493 e. The lowest BCUT2D eigenvalue weighted by Gasteiger charge is -2.30. The van der Waals surface area contributed by atoms with Gasteiger partial charge in [-0.2, -0.15) is 5.26 Å². The van der Waals surface area contributed by atoms with Crippen molar-refractivity contribution in [1.29, 1.82) is 5.26 Å². The van der Waals surface area contributed by atoms with Crippen LogP contribution in [0.1, 0.15) is 57.9 Å². The number of hydrogen-bond acceptors (Lipinski definition) is 7. The highest BCUT2D eigenvalue weighted by Gasteiger charge is 2.43. The number of hydrogen-bond donors (Lipinski definition) is 1. The fourth-order valence-corrected chi connectivity index (χ4v) is 5.52. The molecule has 1 heterocycles. The van der Waals surface area contributed by atoms with Crippen molar-refractivity contribution in [3.8, 4) is 17.6 Å². The van der Waals surface area contributed by atoms with Crippen LogP contribution in [0.2, 0.25) is 0 Å². The Labute approximate surface area is 239 Å². The lowest BCUT2D eigenvalue weighted by Crippen LogP contribution is -2.29. The highest BCUT2D eigenvalue weighted by Crippen LogP contribution is 2.48. The van der Waals surface area contributed by atoms with E-state index in [-0.39, 0.29) is 19.0 Å². The first-order valence-electron chi connectivity index (χ1n) is 13.4. The zero-order chi connectivity index (χ0) is 29.1. The molecule has 1 N–H and O–H groups in total. The molecule has 3 aromatic rings. The normalized spacial score (nSPS) is 15.5. The third-order valence-corrected chi connectivity index (χ3v) is 7.33. The summed E-state index contributed by atoms with van der Waals surface area (Å²) in [6.07, 6.45) is 2.20. The molecule has 0 saturated carbocycles. The van der Waals surface area contributed by atoms with Gasteiger partial charge in [0.15, 0.2) is 17.3 Å². The van der Waals surface area contributed by atoms with Gasteiger partial charge in [-0.15, -0.1) is 6.58 Å². The Morgan fingerprint density at radius 2 is 1.83 bits per heavy atom. The number of methoxy groups -OCH3 is 1. The Hall–Kier alpha value is -5.09. The molecule has 0 aromatic heterocycles. The minimum atomic E-state index is -0.698. The second-order valence-corrected chi connectivity index (χ2v) is 9.74. The summed E-state index contributed by atoms with van der Waals surface area (Å²) in [6, 6.07) is 20.6. The van der Waals surface area contributed by atoms with Crippen LogP contribution in [-0.4, -0.2) is 25.5 Å². The van der Waals surface area contributed by atoms with Crippen LogP contribution in [0.15, 0.2) is 90.2 Å². The smallest absolute Gasteiger partial charge is 0.336 e. The molecule has 0 amide bonds. The molecule has 0 radical (unpaired) electrons. The van der Waals surface area contributed by atoms with Crippen LogP contribution in [0.5, 0.6) is 11.5 Å². The van der Waals surface area contributed by atoms with Gasteiger partial charge in [0.25, 0.3) is 0 Å². The van der Waals surface area contributed by atoms with Gasteiger partial charge in [0, 0.05) is 39.4 Å². The number of nitriles is 1. The molecule has 1 aliphatic carbocycles. The van der Waals surface area contributed by atoms with Gasteiger partial charge in [0.2, 0.25) is 0 Å². The number of ether oxygens (including phenoxy) is 3. The molecule has 7 nitrogen and oxygen atoms in total. The third-order valence-electron chi connectivity index (χ3n) is 7.33. The first-order valence-corrected chi connectivity index (χ1v) is 13.4. The van der Waals surface area contributed by atoms with Crippen molar-refractivity contribution in [2.24, 2.45) is 0 Å². The average molecular weight is 547 g/mol. The standard InChI is InChI=1S/C34H30N2O5/c1-5-11-21-16-24(17-27(39-4)33(21)41-19-23-13-8-7-12-22(23)18-35)29-28(34(38)40-6-2)20(3)36-31-25-14-9-10-15-26(25)32(37)30(29)31/h5,7-10,12-17,29,36H,1,6,11,19H2,2-4H3/t29-/m0/s1.